The molecule has 0 aromatic heterocycles. The van der Waals surface area contributed by atoms with Crippen LogP contribution in [0.4, 0.5) is 0 Å². The number of rotatable bonds is 13. The summed E-state index contributed by atoms with van der Waals surface area (Å²) in [7, 11) is 0. The highest BCUT2D eigenvalue weighted by atomic mass is 16.8. The van der Waals surface area contributed by atoms with Gasteiger partial charge in [0.15, 0.2) is 0 Å². The van der Waals surface area contributed by atoms with E-state index in [4.69, 9.17) is 20.1 Å². The molecule has 0 aliphatic rings. The van der Waals surface area contributed by atoms with Crippen LogP contribution in [0.1, 0.15) is 34.1 Å². The van der Waals surface area contributed by atoms with Crippen LogP contribution >= 0.6 is 0 Å². The number of nitrogens with two attached hydrogens (primary N) is 1. The second-order valence-corrected chi connectivity index (χ2v) is 6.63. The van der Waals surface area contributed by atoms with E-state index >= 15 is 0 Å². The van der Waals surface area contributed by atoms with Gasteiger partial charge >= 0.3 is 5.97 Å². The van der Waals surface area contributed by atoms with E-state index in [-0.39, 0.29) is 25.7 Å². The van der Waals surface area contributed by atoms with Crippen molar-refractivity contribution in [2.24, 2.45) is 5.90 Å². The summed E-state index contributed by atoms with van der Waals surface area (Å²) in [5.74, 6) is 3.55. The van der Waals surface area contributed by atoms with Crippen molar-refractivity contribution in [2.45, 2.75) is 39.7 Å². The van der Waals surface area contributed by atoms with Gasteiger partial charge in [-0.2, -0.15) is 15.9 Å². The van der Waals surface area contributed by atoms with Crippen LogP contribution in [-0.4, -0.2) is 68.0 Å². The molecular weight excluding hydrogens is 358 g/mol. The third kappa shape index (κ3) is 13.8. The molecule has 0 saturated carbocycles. The zero-order chi connectivity index (χ0) is 20.9. The van der Waals surface area contributed by atoms with E-state index in [1.807, 2.05) is 0 Å². The molecule has 0 aromatic rings. The maximum atomic E-state index is 11.9. The molecule has 0 aliphatic heterocycles. The first-order valence-corrected chi connectivity index (χ1v) is 8.55. The predicted octanol–water partition coefficient (Wildman–Crippen LogP) is 0.0776. The van der Waals surface area contributed by atoms with Crippen LogP contribution in [0.2, 0.25) is 0 Å². The summed E-state index contributed by atoms with van der Waals surface area (Å²) in [6.45, 7) is 11.8. The van der Waals surface area contributed by atoms with Crippen LogP contribution in [0.25, 0.3) is 0 Å². The van der Waals surface area contributed by atoms with E-state index in [1.165, 1.54) is 0 Å². The number of hydrogen-bond donors (Lipinski definition) is 2. The molecule has 0 heterocycles. The molecule has 0 fully saturated rings. The number of nitrogens with one attached hydrogen (secondary N) is 1. The maximum Gasteiger partial charge on any atom is 0.315 e. The van der Waals surface area contributed by atoms with Gasteiger partial charge in [-0.05, 0) is 27.7 Å². The molecule has 0 rings (SSSR count). The molecule has 0 radical (unpaired) electrons. The predicted molar refractivity (Wildman–Crippen MR) is 96.9 cm³/mol. The van der Waals surface area contributed by atoms with Gasteiger partial charge in [0.25, 0.3) is 5.91 Å². The van der Waals surface area contributed by atoms with E-state index in [0.717, 1.165) is 5.06 Å². The first kappa shape index (κ1) is 25.0. The lowest BCUT2D eigenvalue weighted by Crippen LogP contribution is -2.38. The Kier molecular flexibility index (Phi) is 12.2. The summed E-state index contributed by atoms with van der Waals surface area (Å²) in [4.78, 5) is 39.2. The molecule has 156 valence electrons. The van der Waals surface area contributed by atoms with Crippen molar-refractivity contribution in [1.29, 1.82) is 0 Å². The number of carbonyl (C=O) groups is 3. The van der Waals surface area contributed by atoms with Gasteiger partial charge in [0, 0.05) is 12.1 Å². The van der Waals surface area contributed by atoms with Gasteiger partial charge in [0.2, 0.25) is 5.91 Å². The Morgan fingerprint density at radius 1 is 1.07 bits per heavy atom. The van der Waals surface area contributed by atoms with Crippen LogP contribution in [0, 0.1) is 0 Å². The van der Waals surface area contributed by atoms with Crippen molar-refractivity contribution < 1.29 is 33.5 Å². The number of hydroxylamine groups is 2. The van der Waals surface area contributed by atoms with Crippen molar-refractivity contribution in [3.63, 3.8) is 0 Å². The van der Waals surface area contributed by atoms with E-state index in [0.29, 0.717) is 25.3 Å². The Bertz CT molecular complexity index is 503. The molecule has 3 N–H and O–H groups in total. The summed E-state index contributed by atoms with van der Waals surface area (Å²) in [6.07, 6.45) is -0.479. The fraction of sp³-hybridized carbons (Fsp3) is 0.706. The molecule has 0 unspecified atom stereocenters. The molecule has 2 amide bonds. The Balaban J connectivity index is 3.82. The van der Waals surface area contributed by atoms with Gasteiger partial charge < -0.3 is 19.5 Å². The zero-order valence-corrected chi connectivity index (χ0v) is 16.5. The Labute approximate surface area is 159 Å². The molecule has 0 aliphatic carbocycles. The average Bonchev–Trinajstić information content (AvgIpc) is 2.54. The lowest BCUT2D eigenvalue weighted by molar-refractivity contribution is -0.195. The van der Waals surface area contributed by atoms with Crippen LogP contribution in [0.15, 0.2) is 12.2 Å². The largest absolute Gasteiger partial charge is 0.460 e. The Hall–Kier alpha value is -2.01. The molecule has 0 bridgehead atoms. The van der Waals surface area contributed by atoms with Gasteiger partial charge in [-0.15, -0.1) is 0 Å². The van der Waals surface area contributed by atoms with Gasteiger partial charge in [0.1, 0.15) is 12.0 Å². The van der Waals surface area contributed by atoms with E-state index in [2.05, 4.69) is 16.8 Å². The van der Waals surface area contributed by atoms with Crippen LogP contribution in [-0.2, 0) is 33.5 Å². The standard InChI is InChI=1S/C17H31N3O7/c1-13(2)16(23)19-6-8-24-10-11-25-9-7-20(27-18)14(21)12-15(22)26-17(3,4)5/h1,6-12,18H2,2-5H3,(H,19,23). The summed E-state index contributed by atoms with van der Waals surface area (Å²) in [6, 6.07) is 0. The maximum absolute atomic E-state index is 11.9. The van der Waals surface area contributed by atoms with Crippen LogP contribution in [0.3, 0.4) is 0 Å². The number of nitrogens with zero attached hydrogens (tertiary/aromatic N) is 1. The zero-order valence-electron chi connectivity index (χ0n) is 16.5. The lowest BCUT2D eigenvalue weighted by atomic mass is 10.2. The number of hydrogen-bond acceptors (Lipinski definition) is 8. The third-order valence-electron chi connectivity index (χ3n) is 2.85. The minimum atomic E-state index is -0.678. The van der Waals surface area contributed by atoms with Gasteiger partial charge in [0.05, 0.1) is 33.0 Å². The van der Waals surface area contributed by atoms with Crippen molar-refractivity contribution in [1.82, 2.24) is 10.4 Å². The first-order chi connectivity index (χ1) is 12.6. The molecule has 0 saturated heterocycles. The topological polar surface area (TPSA) is 129 Å². The molecule has 0 aromatic carbocycles. The number of esters is 1. The quantitative estimate of drug-likeness (QED) is 0.149. The van der Waals surface area contributed by atoms with E-state index in [9.17, 15) is 14.4 Å². The highest BCUT2D eigenvalue weighted by molar-refractivity contribution is 5.94. The second kappa shape index (κ2) is 13.2. The van der Waals surface area contributed by atoms with Crippen molar-refractivity contribution in [3.8, 4) is 0 Å². The summed E-state index contributed by atoms with van der Waals surface area (Å²) in [5.41, 5.74) is -0.242. The molecular formula is C17H31N3O7. The van der Waals surface area contributed by atoms with Crippen LogP contribution < -0.4 is 11.2 Å². The van der Waals surface area contributed by atoms with E-state index in [1.54, 1.807) is 27.7 Å². The second-order valence-electron chi connectivity index (χ2n) is 6.63. The SMILES string of the molecule is C=C(C)C(=O)NCCOCCOCCN(ON)C(=O)CC(=O)OC(C)(C)C. The molecule has 0 spiro atoms. The highest BCUT2D eigenvalue weighted by Gasteiger charge is 2.22. The summed E-state index contributed by atoms with van der Waals surface area (Å²) < 4.78 is 15.6. The fourth-order valence-electron chi connectivity index (χ4n) is 1.68. The van der Waals surface area contributed by atoms with Crippen molar-refractivity contribution in [3.05, 3.63) is 12.2 Å². The minimum Gasteiger partial charge on any atom is -0.460 e. The third-order valence-corrected chi connectivity index (χ3v) is 2.85. The smallest absolute Gasteiger partial charge is 0.315 e. The molecule has 0 atom stereocenters. The van der Waals surface area contributed by atoms with Crippen molar-refractivity contribution in [2.75, 3.05) is 39.5 Å². The minimum absolute atomic E-state index is 0.0484. The molecule has 10 heteroatoms. The van der Waals surface area contributed by atoms with Crippen LogP contribution in [0.5, 0.6) is 0 Å². The Morgan fingerprint density at radius 2 is 1.67 bits per heavy atom. The first-order valence-electron chi connectivity index (χ1n) is 8.55. The van der Waals surface area contributed by atoms with Gasteiger partial charge in [-0.25, -0.2) is 0 Å². The average molecular weight is 389 g/mol. The number of amides is 2. The molecule has 10 nitrogen and oxygen atoms in total. The normalized spacial score (nSPS) is 11.0. The number of carbonyl (C=O) groups excluding carboxylic acids is 3. The summed E-state index contributed by atoms with van der Waals surface area (Å²) >= 11 is 0. The van der Waals surface area contributed by atoms with Gasteiger partial charge in [-0.3, -0.25) is 14.4 Å². The molecule has 27 heavy (non-hydrogen) atoms. The summed E-state index contributed by atoms with van der Waals surface area (Å²) in [5, 5.41) is 3.46. The van der Waals surface area contributed by atoms with Gasteiger partial charge in [-0.1, -0.05) is 6.58 Å². The Morgan fingerprint density at radius 3 is 2.19 bits per heavy atom. The lowest BCUT2D eigenvalue weighted by Gasteiger charge is -2.21. The number of ether oxygens (including phenoxy) is 3. The monoisotopic (exact) mass is 389 g/mol. The fourth-order valence-corrected chi connectivity index (χ4v) is 1.68. The van der Waals surface area contributed by atoms with E-state index < -0.39 is 23.9 Å². The van der Waals surface area contributed by atoms with Crippen molar-refractivity contribution >= 4 is 17.8 Å². The highest BCUT2D eigenvalue weighted by Crippen LogP contribution is 2.09.